The van der Waals surface area contributed by atoms with Gasteiger partial charge in [0.1, 0.15) is 4.21 Å². The first-order valence-corrected chi connectivity index (χ1v) is 8.88. The molecule has 7 heteroatoms. The second kappa shape index (κ2) is 5.50. The Kier molecular flexibility index (Phi) is 3.69. The molecule has 0 bridgehead atoms. The van der Waals surface area contributed by atoms with Crippen LogP contribution in [0.3, 0.4) is 0 Å². The molecule has 110 valence electrons. The molecule has 1 heterocycles. The zero-order chi connectivity index (χ0) is 14.9. The van der Waals surface area contributed by atoms with Gasteiger partial charge in [0, 0.05) is 17.3 Å². The lowest BCUT2D eigenvalue weighted by Crippen LogP contribution is -2.25. The largest absolute Gasteiger partial charge is 0.349 e. The molecular formula is C14H14N2O3S2. The van der Waals surface area contributed by atoms with Crippen molar-refractivity contribution in [1.29, 1.82) is 0 Å². The van der Waals surface area contributed by atoms with Crippen molar-refractivity contribution in [1.82, 2.24) is 5.32 Å². The van der Waals surface area contributed by atoms with Gasteiger partial charge in [-0.15, -0.1) is 11.3 Å². The molecule has 0 saturated heterocycles. The SMILES string of the molecule is O=C(NC1CC1)c1cccc(NS(=O)(=O)c2cccs2)c1. The molecular weight excluding hydrogens is 308 g/mol. The van der Waals surface area contributed by atoms with Gasteiger partial charge >= 0.3 is 0 Å². The molecule has 5 nitrogen and oxygen atoms in total. The third-order valence-electron chi connectivity index (χ3n) is 3.05. The predicted octanol–water partition coefficient (Wildman–Crippen LogP) is 2.44. The van der Waals surface area contributed by atoms with Crippen LogP contribution in [0.25, 0.3) is 0 Å². The van der Waals surface area contributed by atoms with Gasteiger partial charge in [-0.2, -0.15) is 0 Å². The average Bonchev–Trinajstić information content (AvgIpc) is 3.07. The van der Waals surface area contributed by atoms with Gasteiger partial charge in [0.15, 0.2) is 0 Å². The van der Waals surface area contributed by atoms with E-state index in [2.05, 4.69) is 10.0 Å². The van der Waals surface area contributed by atoms with E-state index < -0.39 is 10.0 Å². The van der Waals surface area contributed by atoms with E-state index in [-0.39, 0.29) is 16.2 Å². The van der Waals surface area contributed by atoms with E-state index >= 15 is 0 Å². The van der Waals surface area contributed by atoms with E-state index in [1.165, 1.54) is 6.07 Å². The molecule has 1 aromatic carbocycles. The summed E-state index contributed by atoms with van der Waals surface area (Å²) in [5.41, 5.74) is 0.833. The minimum absolute atomic E-state index is 0.172. The zero-order valence-corrected chi connectivity index (χ0v) is 12.7. The second-order valence-electron chi connectivity index (χ2n) is 4.87. The highest BCUT2D eigenvalue weighted by Crippen LogP contribution is 2.22. The molecule has 0 atom stereocenters. The number of nitrogens with one attached hydrogen (secondary N) is 2. The molecule has 1 aliphatic carbocycles. The molecule has 2 N–H and O–H groups in total. The van der Waals surface area contributed by atoms with E-state index in [0.717, 1.165) is 24.2 Å². The number of rotatable bonds is 5. The smallest absolute Gasteiger partial charge is 0.271 e. The quantitative estimate of drug-likeness (QED) is 0.888. The Morgan fingerprint density at radius 1 is 1.19 bits per heavy atom. The summed E-state index contributed by atoms with van der Waals surface area (Å²) in [5.74, 6) is -0.172. The fourth-order valence-corrected chi connectivity index (χ4v) is 3.88. The van der Waals surface area contributed by atoms with Crippen LogP contribution in [0.1, 0.15) is 23.2 Å². The molecule has 1 amide bonds. The topological polar surface area (TPSA) is 75.3 Å². The standard InChI is InChI=1S/C14H14N2O3S2/c17-14(15-11-6-7-11)10-3-1-4-12(9-10)16-21(18,19)13-5-2-8-20-13/h1-5,8-9,11,16H,6-7H2,(H,15,17). The van der Waals surface area contributed by atoms with Crippen molar-refractivity contribution < 1.29 is 13.2 Å². The van der Waals surface area contributed by atoms with Crippen molar-refractivity contribution in [2.24, 2.45) is 0 Å². The molecule has 0 unspecified atom stereocenters. The number of thiophene rings is 1. The number of hydrogen-bond donors (Lipinski definition) is 2. The number of benzene rings is 1. The highest BCUT2D eigenvalue weighted by Gasteiger charge is 2.24. The first-order valence-electron chi connectivity index (χ1n) is 6.52. The van der Waals surface area contributed by atoms with Crippen LogP contribution < -0.4 is 10.0 Å². The number of carbonyl (C=O) groups is 1. The monoisotopic (exact) mass is 322 g/mol. The van der Waals surface area contributed by atoms with E-state index in [0.29, 0.717) is 11.3 Å². The summed E-state index contributed by atoms with van der Waals surface area (Å²) in [7, 11) is -3.59. The van der Waals surface area contributed by atoms with Crippen molar-refractivity contribution in [2.75, 3.05) is 4.72 Å². The Morgan fingerprint density at radius 3 is 2.67 bits per heavy atom. The zero-order valence-electron chi connectivity index (χ0n) is 11.1. The van der Waals surface area contributed by atoms with Crippen LogP contribution in [0, 0.1) is 0 Å². The maximum atomic E-state index is 12.1. The van der Waals surface area contributed by atoms with Crippen LogP contribution in [-0.4, -0.2) is 20.4 Å². The average molecular weight is 322 g/mol. The third kappa shape index (κ3) is 3.43. The maximum Gasteiger partial charge on any atom is 0.271 e. The molecule has 1 saturated carbocycles. The van der Waals surface area contributed by atoms with Crippen LogP contribution >= 0.6 is 11.3 Å². The number of hydrogen-bond acceptors (Lipinski definition) is 4. The Balaban J connectivity index is 1.78. The highest BCUT2D eigenvalue weighted by atomic mass is 32.2. The maximum absolute atomic E-state index is 12.1. The van der Waals surface area contributed by atoms with Crippen LogP contribution in [0.2, 0.25) is 0 Å². The number of amides is 1. The molecule has 2 aromatic rings. The van der Waals surface area contributed by atoms with Gasteiger partial charge in [0.05, 0.1) is 0 Å². The Labute approximate surface area is 127 Å². The summed E-state index contributed by atoms with van der Waals surface area (Å²) in [4.78, 5) is 12.0. The fraction of sp³-hybridized carbons (Fsp3) is 0.214. The van der Waals surface area contributed by atoms with Crippen molar-refractivity contribution in [2.45, 2.75) is 23.1 Å². The predicted molar refractivity (Wildman–Crippen MR) is 82.1 cm³/mol. The van der Waals surface area contributed by atoms with E-state index in [4.69, 9.17) is 0 Å². The molecule has 3 rings (SSSR count). The highest BCUT2D eigenvalue weighted by molar-refractivity contribution is 7.94. The Morgan fingerprint density at radius 2 is 2.00 bits per heavy atom. The normalized spacial score (nSPS) is 14.7. The van der Waals surface area contributed by atoms with Crippen LogP contribution in [0.5, 0.6) is 0 Å². The molecule has 1 fully saturated rings. The third-order valence-corrected chi connectivity index (χ3v) is 5.83. The van der Waals surface area contributed by atoms with E-state index in [9.17, 15) is 13.2 Å². The molecule has 0 aliphatic heterocycles. The summed E-state index contributed by atoms with van der Waals surface area (Å²) in [6.45, 7) is 0. The summed E-state index contributed by atoms with van der Waals surface area (Å²) in [6.07, 6.45) is 2.02. The van der Waals surface area contributed by atoms with Crippen LogP contribution in [0.15, 0.2) is 46.0 Å². The van der Waals surface area contributed by atoms with Gasteiger partial charge in [0.25, 0.3) is 15.9 Å². The first kappa shape index (κ1) is 14.1. The summed E-state index contributed by atoms with van der Waals surface area (Å²) < 4.78 is 27.0. The fourth-order valence-electron chi connectivity index (χ4n) is 1.84. The van der Waals surface area contributed by atoms with Gasteiger partial charge in [-0.25, -0.2) is 8.42 Å². The number of carbonyl (C=O) groups excluding carboxylic acids is 1. The molecule has 1 aliphatic rings. The van der Waals surface area contributed by atoms with Gasteiger partial charge in [-0.05, 0) is 42.5 Å². The summed E-state index contributed by atoms with van der Waals surface area (Å²) >= 11 is 1.15. The van der Waals surface area contributed by atoms with Crippen LogP contribution in [-0.2, 0) is 10.0 Å². The van der Waals surface area contributed by atoms with Crippen LogP contribution in [0.4, 0.5) is 5.69 Å². The Hall–Kier alpha value is -1.86. The minimum Gasteiger partial charge on any atom is -0.349 e. The van der Waals surface area contributed by atoms with Crippen molar-refractivity contribution in [3.8, 4) is 0 Å². The molecule has 0 radical (unpaired) electrons. The first-order chi connectivity index (χ1) is 10.0. The van der Waals surface area contributed by atoms with Gasteiger partial charge < -0.3 is 5.32 Å². The Bertz CT molecular complexity index is 750. The molecule has 1 aromatic heterocycles. The lowest BCUT2D eigenvalue weighted by atomic mass is 10.2. The van der Waals surface area contributed by atoms with Gasteiger partial charge in [-0.3, -0.25) is 9.52 Å². The lowest BCUT2D eigenvalue weighted by molar-refractivity contribution is 0.0951. The lowest BCUT2D eigenvalue weighted by Gasteiger charge is -2.08. The number of anilines is 1. The van der Waals surface area contributed by atoms with Gasteiger partial charge in [-0.1, -0.05) is 12.1 Å². The molecule has 21 heavy (non-hydrogen) atoms. The summed E-state index contributed by atoms with van der Waals surface area (Å²) in [5, 5.41) is 4.58. The summed E-state index contributed by atoms with van der Waals surface area (Å²) in [6, 6.07) is 9.98. The molecule has 0 spiro atoms. The van der Waals surface area contributed by atoms with E-state index in [1.807, 2.05) is 0 Å². The second-order valence-corrected chi connectivity index (χ2v) is 7.72. The van der Waals surface area contributed by atoms with Crippen molar-refractivity contribution in [3.05, 3.63) is 47.3 Å². The number of sulfonamides is 1. The minimum atomic E-state index is -3.59. The van der Waals surface area contributed by atoms with Crippen molar-refractivity contribution >= 4 is 33.0 Å². The van der Waals surface area contributed by atoms with Gasteiger partial charge in [0.2, 0.25) is 0 Å². The van der Waals surface area contributed by atoms with E-state index in [1.54, 1.807) is 35.7 Å². The van der Waals surface area contributed by atoms with Crippen molar-refractivity contribution in [3.63, 3.8) is 0 Å².